The Kier molecular flexibility index (Phi) is 4.47. The lowest BCUT2D eigenvalue weighted by atomic mass is 10.1. The van der Waals surface area contributed by atoms with Crippen LogP contribution in [-0.4, -0.2) is 48.1 Å². The molecule has 0 atom stereocenters. The zero-order chi connectivity index (χ0) is 19.0. The standard InChI is InChI=1S/C20H21N3O3S/c1-27(25,26)18-7-5-17(6-8-18)23-12-9-15-13-16(14-21-19(15)23)20(24)22-10-3-2-4-11-22/h5-9,12-14H,2-4,10-11H2,1H3. The number of fused-ring (bicyclic) bond motifs is 1. The van der Waals surface area contributed by atoms with Gasteiger partial charge in [0.1, 0.15) is 5.65 Å². The second-order valence-corrected chi connectivity index (χ2v) is 8.96. The average molecular weight is 383 g/mol. The van der Waals surface area contributed by atoms with E-state index >= 15 is 0 Å². The number of hydrogen-bond donors (Lipinski definition) is 0. The molecule has 1 aliphatic heterocycles. The molecule has 1 fully saturated rings. The maximum atomic E-state index is 12.7. The second kappa shape index (κ2) is 6.81. The van der Waals surface area contributed by atoms with E-state index < -0.39 is 9.84 Å². The molecule has 2 aromatic heterocycles. The Morgan fingerprint density at radius 2 is 1.74 bits per heavy atom. The first-order valence-corrected chi connectivity index (χ1v) is 10.9. The summed E-state index contributed by atoms with van der Waals surface area (Å²) in [5, 5.41) is 0.880. The van der Waals surface area contributed by atoms with E-state index in [1.807, 2.05) is 27.8 Å². The molecule has 0 spiro atoms. The molecule has 1 aliphatic rings. The van der Waals surface area contributed by atoms with Crippen LogP contribution in [0.4, 0.5) is 0 Å². The molecule has 6 nitrogen and oxygen atoms in total. The van der Waals surface area contributed by atoms with Gasteiger partial charge in [0, 0.05) is 42.8 Å². The molecule has 0 radical (unpaired) electrons. The van der Waals surface area contributed by atoms with Crippen molar-refractivity contribution in [1.82, 2.24) is 14.5 Å². The van der Waals surface area contributed by atoms with E-state index in [1.165, 1.54) is 12.7 Å². The summed E-state index contributed by atoms with van der Waals surface area (Å²) in [4.78, 5) is 19.4. The smallest absolute Gasteiger partial charge is 0.255 e. The van der Waals surface area contributed by atoms with Gasteiger partial charge in [-0.25, -0.2) is 13.4 Å². The number of likely N-dealkylation sites (tertiary alicyclic amines) is 1. The molecular weight excluding hydrogens is 362 g/mol. The highest BCUT2D eigenvalue weighted by atomic mass is 32.2. The summed E-state index contributed by atoms with van der Waals surface area (Å²) in [5.41, 5.74) is 2.16. The van der Waals surface area contributed by atoms with E-state index in [0.29, 0.717) is 5.56 Å². The van der Waals surface area contributed by atoms with Gasteiger partial charge in [0.2, 0.25) is 0 Å². The molecule has 27 heavy (non-hydrogen) atoms. The van der Waals surface area contributed by atoms with Crippen molar-refractivity contribution < 1.29 is 13.2 Å². The van der Waals surface area contributed by atoms with Crippen LogP contribution in [0.1, 0.15) is 29.6 Å². The lowest BCUT2D eigenvalue weighted by Gasteiger charge is -2.26. The molecule has 0 saturated carbocycles. The molecule has 7 heteroatoms. The van der Waals surface area contributed by atoms with Crippen LogP contribution in [0, 0.1) is 0 Å². The fourth-order valence-corrected chi connectivity index (χ4v) is 4.11. The summed E-state index contributed by atoms with van der Waals surface area (Å²) in [6.45, 7) is 1.62. The second-order valence-electron chi connectivity index (χ2n) is 6.94. The van der Waals surface area contributed by atoms with Crippen molar-refractivity contribution in [2.24, 2.45) is 0 Å². The number of nitrogens with zero attached hydrogens (tertiary/aromatic N) is 3. The molecule has 140 valence electrons. The molecule has 4 rings (SSSR count). The number of amides is 1. The number of pyridine rings is 1. The van der Waals surface area contributed by atoms with Crippen LogP contribution in [0.15, 0.2) is 53.7 Å². The number of rotatable bonds is 3. The molecule has 0 bridgehead atoms. The zero-order valence-electron chi connectivity index (χ0n) is 15.1. The van der Waals surface area contributed by atoms with Crippen molar-refractivity contribution in [2.45, 2.75) is 24.2 Å². The lowest BCUT2D eigenvalue weighted by molar-refractivity contribution is 0.0724. The fourth-order valence-electron chi connectivity index (χ4n) is 3.48. The Morgan fingerprint density at radius 3 is 2.41 bits per heavy atom. The molecule has 1 saturated heterocycles. The lowest BCUT2D eigenvalue weighted by Crippen LogP contribution is -2.35. The Bertz CT molecular complexity index is 1100. The van der Waals surface area contributed by atoms with Gasteiger partial charge in [0.25, 0.3) is 5.91 Å². The van der Waals surface area contributed by atoms with Crippen LogP contribution in [0.25, 0.3) is 16.7 Å². The van der Waals surface area contributed by atoms with Gasteiger partial charge in [0.05, 0.1) is 10.5 Å². The Morgan fingerprint density at radius 1 is 1.04 bits per heavy atom. The van der Waals surface area contributed by atoms with Gasteiger partial charge >= 0.3 is 0 Å². The first kappa shape index (κ1) is 17.7. The third-order valence-electron chi connectivity index (χ3n) is 4.96. The molecule has 3 heterocycles. The molecule has 3 aromatic rings. The summed E-state index contributed by atoms with van der Waals surface area (Å²) in [6, 6.07) is 10.5. The summed E-state index contributed by atoms with van der Waals surface area (Å²) in [5.74, 6) is 0.0364. The summed E-state index contributed by atoms with van der Waals surface area (Å²) < 4.78 is 25.1. The topological polar surface area (TPSA) is 72.3 Å². The van der Waals surface area contributed by atoms with Crippen molar-refractivity contribution in [3.05, 3.63) is 54.4 Å². The number of carbonyl (C=O) groups excluding carboxylic acids is 1. The third-order valence-corrected chi connectivity index (χ3v) is 6.09. The minimum absolute atomic E-state index is 0.0364. The quantitative estimate of drug-likeness (QED) is 0.697. The monoisotopic (exact) mass is 383 g/mol. The largest absolute Gasteiger partial charge is 0.339 e. The summed E-state index contributed by atoms with van der Waals surface area (Å²) in [6.07, 6.45) is 7.99. The van der Waals surface area contributed by atoms with E-state index in [0.717, 1.165) is 42.7 Å². The number of sulfone groups is 1. The van der Waals surface area contributed by atoms with Crippen LogP contribution in [-0.2, 0) is 9.84 Å². The van der Waals surface area contributed by atoms with Gasteiger partial charge in [-0.05, 0) is 55.7 Å². The van der Waals surface area contributed by atoms with Crippen LogP contribution >= 0.6 is 0 Å². The summed E-state index contributed by atoms with van der Waals surface area (Å²) in [7, 11) is -3.22. The molecular formula is C20H21N3O3S. The third kappa shape index (κ3) is 3.47. The highest BCUT2D eigenvalue weighted by Gasteiger charge is 2.19. The first-order valence-electron chi connectivity index (χ1n) is 9.00. The predicted octanol–water partition coefficient (Wildman–Crippen LogP) is 3.06. The van der Waals surface area contributed by atoms with Gasteiger partial charge < -0.3 is 9.47 Å². The van der Waals surface area contributed by atoms with E-state index in [2.05, 4.69) is 4.98 Å². The molecule has 0 N–H and O–H groups in total. The highest BCUT2D eigenvalue weighted by molar-refractivity contribution is 7.90. The number of carbonyl (C=O) groups is 1. The fraction of sp³-hybridized carbons (Fsp3) is 0.300. The van der Waals surface area contributed by atoms with Crippen LogP contribution in [0.2, 0.25) is 0 Å². The minimum Gasteiger partial charge on any atom is -0.339 e. The number of hydrogen-bond acceptors (Lipinski definition) is 4. The minimum atomic E-state index is -3.22. The molecule has 1 aromatic carbocycles. The normalized spacial score (nSPS) is 15.2. The maximum Gasteiger partial charge on any atom is 0.255 e. The van der Waals surface area contributed by atoms with Crippen LogP contribution in [0.3, 0.4) is 0 Å². The Hall–Kier alpha value is -2.67. The van der Waals surface area contributed by atoms with E-state index in [9.17, 15) is 13.2 Å². The van der Waals surface area contributed by atoms with Gasteiger partial charge in [-0.15, -0.1) is 0 Å². The van der Waals surface area contributed by atoms with Gasteiger partial charge in [0.15, 0.2) is 9.84 Å². The van der Waals surface area contributed by atoms with Gasteiger partial charge in [-0.3, -0.25) is 4.79 Å². The summed E-state index contributed by atoms with van der Waals surface area (Å²) >= 11 is 0. The van der Waals surface area contributed by atoms with Crippen molar-refractivity contribution in [1.29, 1.82) is 0 Å². The first-order chi connectivity index (χ1) is 12.9. The number of aromatic nitrogens is 2. The number of benzene rings is 1. The Balaban J connectivity index is 1.65. The zero-order valence-corrected chi connectivity index (χ0v) is 15.9. The van der Waals surface area contributed by atoms with Crippen molar-refractivity contribution in [3.8, 4) is 5.69 Å². The Labute approximate surface area is 158 Å². The molecule has 0 unspecified atom stereocenters. The number of piperidine rings is 1. The molecule has 0 aliphatic carbocycles. The van der Waals surface area contributed by atoms with E-state index in [1.54, 1.807) is 30.5 Å². The van der Waals surface area contributed by atoms with E-state index in [4.69, 9.17) is 0 Å². The van der Waals surface area contributed by atoms with Crippen molar-refractivity contribution >= 4 is 26.8 Å². The van der Waals surface area contributed by atoms with Crippen molar-refractivity contribution in [3.63, 3.8) is 0 Å². The maximum absolute atomic E-state index is 12.7. The predicted molar refractivity (Wildman–Crippen MR) is 104 cm³/mol. The highest BCUT2D eigenvalue weighted by Crippen LogP contribution is 2.22. The van der Waals surface area contributed by atoms with Crippen molar-refractivity contribution in [2.75, 3.05) is 19.3 Å². The van der Waals surface area contributed by atoms with Gasteiger partial charge in [-0.2, -0.15) is 0 Å². The van der Waals surface area contributed by atoms with Crippen LogP contribution < -0.4 is 0 Å². The van der Waals surface area contributed by atoms with Gasteiger partial charge in [-0.1, -0.05) is 0 Å². The average Bonchev–Trinajstić information content (AvgIpc) is 3.10. The molecule has 1 amide bonds. The van der Waals surface area contributed by atoms with Crippen LogP contribution in [0.5, 0.6) is 0 Å². The SMILES string of the molecule is CS(=O)(=O)c1ccc(-n2ccc3cc(C(=O)N4CCCCC4)cnc32)cc1. The van der Waals surface area contributed by atoms with E-state index in [-0.39, 0.29) is 10.8 Å².